The van der Waals surface area contributed by atoms with Gasteiger partial charge < -0.3 is 0 Å². The molecule has 9 rings (SSSR count). The van der Waals surface area contributed by atoms with Crippen LogP contribution in [0.2, 0.25) is 0 Å². The first kappa shape index (κ1) is 23.1. The molecule has 9 aromatic rings. The normalized spacial score (nSPS) is 11.8. The van der Waals surface area contributed by atoms with Gasteiger partial charge in [-0.05, 0) is 95.5 Å². The number of hydrogen-bond acceptors (Lipinski definition) is 2. The fourth-order valence-electron chi connectivity index (χ4n) is 6.87. The molecule has 0 spiro atoms. The smallest absolute Gasteiger partial charge is 0.0787 e. The van der Waals surface area contributed by atoms with Gasteiger partial charge in [0.15, 0.2) is 0 Å². The summed E-state index contributed by atoms with van der Waals surface area (Å²) in [6, 6.07) is 46.3. The van der Waals surface area contributed by atoms with E-state index in [1.807, 2.05) is 30.7 Å². The van der Waals surface area contributed by atoms with Crippen molar-refractivity contribution < 1.29 is 0 Å². The highest BCUT2D eigenvalue weighted by atomic mass is 14.7. The minimum atomic E-state index is 1.03. The van der Waals surface area contributed by atoms with E-state index < -0.39 is 0 Å². The van der Waals surface area contributed by atoms with Gasteiger partial charge in [0.25, 0.3) is 0 Å². The van der Waals surface area contributed by atoms with Gasteiger partial charge in [0.2, 0.25) is 0 Å². The molecule has 2 aromatic heterocycles. The van der Waals surface area contributed by atoms with Crippen molar-refractivity contribution in [3.05, 3.63) is 146 Å². The molecule has 0 N–H and O–H groups in total. The molecule has 0 aliphatic carbocycles. The van der Waals surface area contributed by atoms with Gasteiger partial charge in [-0.25, -0.2) is 0 Å². The summed E-state index contributed by atoms with van der Waals surface area (Å²) in [4.78, 5) is 9.30. The summed E-state index contributed by atoms with van der Waals surface area (Å²) in [5, 5.41) is 13.6. The molecule has 0 radical (unpaired) electrons. The molecule has 0 saturated heterocycles. The van der Waals surface area contributed by atoms with E-state index in [9.17, 15) is 0 Å². The summed E-state index contributed by atoms with van der Waals surface area (Å²) < 4.78 is 0. The molecule has 194 valence electrons. The molecule has 42 heavy (non-hydrogen) atoms. The number of pyridine rings is 2. The lowest BCUT2D eigenvalue weighted by Gasteiger charge is -2.18. The maximum Gasteiger partial charge on any atom is 0.0787 e. The van der Waals surface area contributed by atoms with Gasteiger partial charge in [-0.1, -0.05) is 97.1 Å². The van der Waals surface area contributed by atoms with Gasteiger partial charge in [-0.2, -0.15) is 0 Å². The molecule has 0 aliphatic rings. The quantitative estimate of drug-likeness (QED) is 0.207. The number of benzene rings is 7. The van der Waals surface area contributed by atoms with Crippen LogP contribution >= 0.6 is 0 Å². The van der Waals surface area contributed by atoms with E-state index in [1.54, 1.807) is 0 Å². The number of rotatable bonds is 2. The molecule has 2 heteroatoms. The van der Waals surface area contributed by atoms with Crippen LogP contribution in [-0.4, -0.2) is 9.97 Å². The van der Waals surface area contributed by atoms with Gasteiger partial charge in [-0.15, -0.1) is 0 Å². The lowest BCUT2D eigenvalue weighted by atomic mass is 9.86. The number of aromatic nitrogens is 2. The van der Waals surface area contributed by atoms with Gasteiger partial charge >= 0.3 is 0 Å². The van der Waals surface area contributed by atoms with Crippen molar-refractivity contribution >= 4 is 64.8 Å². The minimum Gasteiger partial charge on any atom is -0.265 e. The third-order valence-electron chi connectivity index (χ3n) is 8.75. The highest BCUT2D eigenvalue weighted by Crippen LogP contribution is 2.45. The Morgan fingerprint density at radius 3 is 1.71 bits per heavy atom. The van der Waals surface area contributed by atoms with Crippen LogP contribution in [0.5, 0.6) is 0 Å². The van der Waals surface area contributed by atoms with Crippen LogP contribution in [-0.2, 0) is 0 Å². The van der Waals surface area contributed by atoms with Crippen molar-refractivity contribution in [2.45, 2.75) is 0 Å². The van der Waals surface area contributed by atoms with Gasteiger partial charge in [0, 0.05) is 34.9 Å². The van der Waals surface area contributed by atoms with Crippen molar-refractivity contribution in [2.24, 2.45) is 0 Å². The molecule has 0 atom stereocenters. The van der Waals surface area contributed by atoms with Crippen LogP contribution < -0.4 is 0 Å². The summed E-state index contributed by atoms with van der Waals surface area (Å²) >= 11 is 0. The Kier molecular flexibility index (Phi) is 4.93. The largest absolute Gasteiger partial charge is 0.265 e. The van der Waals surface area contributed by atoms with Crippen LogP contribution in [0.25, 0.3) is 87.0 Å². The van der Waals surface area contributed by atoms with Gasteiger partial charge in [0.1, 0.15) is 0 Å². The Morgan fingerprint density at radius 2 is 0.952 bits per heavy atom. The molecule has 0 saturated carbocycles. The summed E-state index contributed by atoms with van der Waals surface area (Å²) in [7, 11) is 0. The molecule has 0 amide bonds. The first-order chi connectivity index (χ1) is 20.8. The molecule has 0 unspecified atom stereocenters. The maximum absolute atomic E-state index is 5.08. The van der Waals surface area contributed by atoms with Crippen molar-refractivity contribution in [3.8, 4) is 22.3 Å². The molecule has 7 aromatic carbocycles. The minimum absolute atomic E-state index is 1.03. The third-order valence-corrected chi connectivity index (χ3v) is 8.75. The second-order valence-corrected chi connectivity index (χ2v) is 11.0. The molecule has 2 heterocycles. The van der Waals surface area contributed by atoms with Crippen LogP contribution in [0.1, 0.15) is 0 Å². The van der Waals surface area contributed by atoms with E-state index >= 15 is 0 Å². The number of hydrogen-bond donors (Lipinski definition) is 0. The first-order valence-electron chi connectivity index (χ1n) is 14.3. The summed E-state index contributed by atoms with van der Waals surface area (Å²) in [6.45, 7) is 0. The van der Waals surface area contributed by atoms with Crippen molar-refractivity contribution in [1.82, 2.24) is 9.97 Å². The fourth-order valence-corrected chi connectivity index (χ4v) is 6.87. The Hall–Kier alpha value is -5.60. The van der Waals surface area contributed by atoms with Crippen LogP contribution in [0, 0.1) is 0 Å². The van der Waals surface area contributed by atoms with E-state index in [1.165, 1.54) is 70.4 Å². The molecular formula is C40H24N2. The zero-order chi connectivity index (χ0) is 27.6. The van der Waals surface area contributed by atoms with E-state index in [-0.39, 0.29) is 0 Å². The van der Waals surface area contributed by atoms with E-state index in [0.29, 0.717) is 0 Å². The van der Waals surface area contributed by atoms with Crippen LogP contribution in [0.4, 0.5) is 0 Å². The monoisotopic (exact) mass is 532 g/mol. The predicted molar refractivity (Wildman–Crippen MR) is 178 cm³/mol. The molecule has 2 nitrogen and oxygen atoms in total. The van der Waals surface area contributed by atoms with Gasteiger partial charge in [-0.3, -0.25) is 9.97 Å². The SMILES string of the molecule is c1ccc2c(c1)cc(-c1cc3c4ccccc4c4ncc(-c5ccncc5)cc4c3c3ccccc13)c1ccccc12. The number of nitrogens with zero attached hydrogens (tertiary/aromatic N) is 2. The Labute approximate surface area is 242 Å². The lowest BCUT2D eigenvalue weighted by molar-refractivity contribution is 1.32. The summed E-state index contributed by atoms with van der Waals surface area (Å²) in [5.74, 6) is 0. The zero-order valence-electron chi connectivity index (χ0n) is 22.8. The molecule has 0 bridgehead atoms. The molecular weight excluding hydrogens is 508 g/mol. The van der Waals surface area contributed by atoms with E-state index in [2.05, 4.69) is 120 Å². The van der Waals surface area contributed by atoms with Crippen molar-refractivity contribution in [3.63, 3.8) is 0 Å². The maximum atomic E-state index is 5.08. The number of fused-ring (bicyclic) bond motifs is 11. The fraction of sp³-hybridized carbons (Fsp3) is 0. The van der Waals surface area contributed by atoms with Crippen molar-refractivity contribution in [1.29, 1.82) is 0 Å². The predicted octanol–water partition coefficient (Wildman–Crippen LogP) is 10.7. The lowest BCUT2D eigenvalue weighted by Crippen LogP contribution is -1.92. The van der Waals surface area contributed by atoms with E-state index in [4.69, 9.17) is 4.98 Å². The Morgan fingerprint density at radius 1 is 0.381 bits per heavy atom. The first-order valence-corrected chi connectivity index (χ1v) is 14.3. The molecule has 0 aliphatic heterocycles. The summed E-state index contributed by atoms with van der Waals surface area (Å²) in [6.07, 6.45) is 5.68. The van der Waals surface area contributed by atoms with Gasteiger partial charge in [0.05, 0.1) is 5.52 Å². The van der Waals surface area contributed by atoms with Crippen molar-refractivity contribution in [2.75, 3.05) is 0 Å². The average Bonchev–Trinajstić information content (AvgIpc) is 3.07. The average molecular weight is 533 g/mol. The third kappa shape index (κ3) is 3.33. The Bertz CT molecular complexity index is 2510. The summed E-state index contributed by atoms with van der Waals surface area (Å²) in [5.41, 5.74) is 5.75. The second kappa shape index (κ2) is 8.95. The topological polar surface area (TPSA) is 25.8 Å². The highest BCUT2D eigenvalue weighted by molar-refractivity contribution is 6.33. The second-order valence-electron chi connectivity index (χ2n) is 11.0. The van der Waals surface area contributed by atoms with Crippen LogP contribution in [0.3, 0.4) is 0 Å². The standard InChI is InChI=1S/C40H24N2/c1-2-10-28-26(9-1)21-35(30-12-4-3-11-29(28)30)36-23-37-32-14-6-8-16-34(32)40-38(39(37)33-15-7-5-13-31(33)36)22-27(24-42-40)25-17-19-41-20-18-25/h1-24H. The van der Waals surface area contributed by atoms with Crippen LogP contribution in [0.15, 0.2) is 146 Å². The Balaban J connectivity index is 1.49. The molecule has 0 fully saturated rings. The highest BCUT2D eigenvalue weighted by Gasteiger charge is 2.18. The van der Waals surface area contributed by atoms with E-state index in [0.717, 1.165) is 16.6 Å². The zero-order valence-corrected chi connectivity index (χ0v) is 22.8.